The van der Waals surface area contributed by atoms with Gasteiger partial charge in [0, 0.05) is 11.5 Å². The summed E-state index contributed by atoms with van der Waals surface area (Å²) >= 11 is 0. The number of hydrogen-bond acceptors (Lipinski definition) is 4. The lowest BCUT2D eigenvalue weighted by atomic mass is 9.66. The molecular weight excluding hydrogens is 307 g/mol. The fourth-order valence-electron chi connectivity index (χ4n) is 3.50. The van der Waals surface area contributed by atoms with Gasteiger partial charge < -0.3 is 10.5 Å². The number of fused-ring (bicyclic) bond motifs is 1. The minimum Gasteiger partial charge on any atom is -0.386 e. The molecule has 2 aliphatic heterocycles. The highest BCUT2D eigenvalue weighted by molar-refractivity contribution is 5.90. The highest BCUT2D eigenvalue weighted by atomic mass is 19.3. The smallest absolute Gasteiger partial charge is 0.264 e. The Labute approximate surface area is 131 Å². The maximum atomic E-state index is 14.3. The maximum Gasteiger partial charge on any atom is 0.264 e. The first-order valence-electron chi connectivity index (χ1n) is 7.26. The van der Waals surface area contributed by atoms with Crippen molar-refractivity contribution in [2.24, 2.45) is 22.1 Å². The van der Waals surface area contributed by atoms with Crippen LogP contribution in [0, 0.1) is 28.5 Å². The molecule has 0 aliphatic carbocycles. The van der Waals surface area contributed by atoms with Gasteiger partial charge in [-0.15, -0.1) is 0 Å². The SMILES string of the molecule is CC1(C#N)C[C@@H]2C(C(F)F)OC[C@]2(c2ccccc2F)N=C1N. The van der Waals surface area contributed by atoms with E-state index >= 15 is 0 Å². The molecule has 0 radical (unpaired) electrons. The average Bonchev–Trinajstić information content (AvgIpc) is 2.87. The largest absolute Gasteiger partial charge is 0.386 e. The number of amidine groups is 1. The van der Waals surface area contributed by atoms with E-state index in [1.54, 1.807) is 13.0 Å². The number of ether oxygens (including phenoxy) is 1. The molecule has 0 bridgehead atoms. The van der Waals surface area contributed by atoms with E-state index in [2.05, 4.69) is 4.99 Å². The quantitative estimate of drug-likeness (QED) is 0.909. The summed E-state index contributed by atoms with van der Waals surface area (Å²) in [5.41, 5.74) is 3.63. The third-order valence-corrected chi connectivity index (χ3v) is 4.85. The molecule has 0 spiro atoms. The van der Waals surface area contributed by atoms with E-state index in [1.165, 1.54) is 18.2 Å². The molecule has 122 valence electrons. The number of alkyl halides is 2. The van der Waals surface area contributed by atoms with Crippen molar-refractivity contribution in [3.8, 4) is 6.07 Å². The second kappa shape index (κ2) is 5.24. The first-order valence-corrected chi connectivity index (χ1v) is 7.26. The van der Waals surface area contributed by atoms with Crippen molar-refractivity contribution >= 4 is 5.84 Å². The molecule has 23 heavy (non-hydrogen) atoms. The van der Waals surface area contributed by atoms with Gasteiger partial charge in [-0.1, -0.05) is 18.2 Å². The van der Waals surface area contributed by atoms with Crippen molar-refractivity contribution in [2.45, 2.75) is 31.4 Å². The van der Waals surface area contributed by atoms with Gasteiger partial charge in [0.25, 0.3) is 6.43 Å². The van der Waals surface area contributed by atoms with Crippen LogP contribution in [0.3, 0.4) is 0 Å². The van der Waals surface area contributed by atoms with Crippen molar-refractivity contribution < 1.29 is 17.9 Å². The average molecular weight is 323 g/mol. The number of nitriles is 1. The molecule has 2 N–H and O–H groups in total. The molecular formula is C16H16F3N3O. The topological polar surface area (TPSA) is 71.4 Å². The predicted molar refractivity (Wildman–Crippen MR) is 77.3 cm³/mol. The van der Waals surface area contributed by atoms with Crippen LogP contribution in [0.5, 0.6) is 0 Å². The van der Waals surface area contributed by atoms with Crippen LogP contribution in [-0.4, -0.2) is 25.0 Å². The predicted octanol–water partition coefficient (Wildman–Crippen LogP) is 2.59. The van der Waals surface area contributed by atoms with Crippen LogP contribution >= 0.6 is 0 Å². The summed E-state index contributed by atoms with van der Waals surface area (Å²) in [6, 6.07) is 7.92. The Morgan fingerprint density at radius 1 is 1.43 bits per heavy atom. The Hall–Kier alpha value is -2.07. The lowest BCUT2D eigenvalue weighted by Gasteiger charge is -2.41. The van der Waals surface area contributed by atoms with Crippen LogP contribution < -0.4 is 5.73 Å². The molecule has 3 rings (SSSR count). The van der Waals surface area contributed by atoms with E-state index < -0.39 is 35.2 Å². The first-order chi connectivity index (χ1) is 10.8. The summed E-state index contributed by atoms with van der Waals surface area (Å²) in [7, 11) is 0. The van der Waals surface area contributed by atoms with Gasteiger partial charge in [-0.25, -0.2) is 13.2 Å². The molecule has 1 aromatic rings. The van der Waals surface area contributed by atoms with Gasteiger partial charge in [-0.3, -0.25) is 4.99 Å². The van der Waals surface area contributed by atoms with Crippen molar-refractivity contribution in [1.29, 1.82) is 5.26 Å². The van der Waals surface area contributed by atoms with E-state index in [-0.39, 0.29) is 24.4 Å². The summed E-state index contributed by atoms with van der Waals surface area (Å²) in [6.45, 7) is 1.37. The number of rotatable bonds is 2. The number of halogens is 3. The van der Waals surface area contributed by atoms with Crippen LogP contribution in [0.4, 0.5) is 13.2 Å². The summed E-state index contributed by atoms with van der Waals surface area (Å²) in [6.07, 6.45) is -4.10. The molecule has 0 amide bonds. The molecule has 1 fully saturated rings. The minimum atomic E-state index is -2.74. The zero-order chi connectivity index (χ0) is 16.8. The third-order valence-electron chi connectivity index (χ3n) is 4.85. The Morgan fingerprint density at radius 3 is 2.74 bits per heavy atom. The second-order valence-corrected chi connectivity index (χ2v) is 6.27. The van der Waals surface area contributed by atoms with Crippen LogP contribution in [0.2, 0.25) is 0 Å². The fourth-order valence-corrected chi connectivity index (χ4v) is 3.50. The Kier molecular flexibility index (Phi) is 3.60. The molecule has 0 aromatic heterocycles. The maximum absolute atomic E-state index is 14.3. The monoisotopic (exact) mass is 323 g/mol. The van der Waals surface area contributed by atoms with E-state index in [0.29, 0.717) is 0 Å². The van der Waals surface area contributed by atoms with Gasteiger partial charge >= 0.3 is 0 Å². The zero-order valence-corrected chi connectivity index (χ0v) is 12.5. The highest BCUT2D eigenvalue weighted by Crippen LogP contribution is 2.52. The Bertz CT molecular complexity index is 702. The van der Waals surface area contributed by atoms with Gasteiger partial charge in [-0.05, 0) is 19.4 Å². The molecule has 1 aromatic carbocycles. The molecule has 4 atom stereocenters. The lowest BCUT2D eigenvalue weighted by Crippen LogP contribution is -2.50. The molecule has 2 heterocycles. The Morgan fingerprint density at radius 2 is 2.13 bits per heavy atom. The third kappa shape index (κ3) is 2.20. The number of hydrogen-bond donors (Lipinski definition) is 1. The molecule has 7 heteroatoms. The van der Waals surface area contributed by atoms with Crippen molar-refractivity contribution in [1.82, 2.24) is 0 Å². The van der Waals surface area contributed by atoms with E-state index in [0.717, 1.165) is 0 Å². The summed E-state index contributed by atoms with van der Waals surface area (Å²) in [5, 5.41) is 9.36. The van der Waals surface area contributed by atoms with Gasteiger partial charge in [0.2, 0.25) is 0 Å². The summed E-state index contributed by atoms with van der Waals surface area (Å²) in [5.74, 6) is -1.34. The lowest BCUT2D eigenvalue weighted by molar-refractivity contribution is -0.0430. The standard InChI is InChI=1S/C16H16F3N3O/c1-15(7-20)6-10-12(13(18)19)23-8-16(10,22-14(15)21)9-4-2-3-5-11(9)17/h2-5,10,12-13H,6,8H2,1H3,(H2,21,22)/t10-,12?,15?,16-/m1/s1. The molecule has 4 nitrogen and oxygen atoms in total. The summed E-state index contributed by atoms with van der Waals surface area (Å²) in [4.78, 5) is 4.34. The number of nitrogens with zero attached hydrogens (tertiary/aromatic N) is 2. The van der Waals surface area contributed by atoms with Gasteiger partial charge in [0.05, 0.1) is 12.7 Å². The van der Waals surface area contributed by atoms with Gasteiger partial charge in [0.1, 0.15) is 28.7 Å². The van der Waals surface area contributed by atoms with Crippen molar-refractivity contribution in [2.75, 3.05) is 6.61 Å². The van der Waals surface area contributed by atoms with Crippen LogP contribution in [0.25, 0.3) is 0 Å². The molecule has 2 unspecified atom stereocenters. The number of benzene rings is 1. The van der Waals surface area contributed by atoms with Crippen LogP contribution in [-0.2, 0) is 10.3 Å². The van der Waals surface area contributed by atoms with Crippen LogP contribution in [0.1, 0.15) is 18.9 Å². The van der Waals surface area contributed by atoms with Gasteiger partial charge in [-0.2, -0.15) is 5.26 Å². The number of aliphatic imine (C=N–C) groups is 1. The second-order valence-electron chi connectivity index (χ2n) is 6.27. The van der Waals surface area contributed by atoms with E-state index in [9.17, 15) is 18.4 Å². The normalized spacial score (nSPS) is 36.4. The van der Waals surface area contributed by atoms with Crippen molar-refractivity contribution in [3.63, 3.8) is 0 Å². The molecule has 2 aliphatic rings. The fraction of sp³-hybridized carbons (Fsp3) is 0.500. The Balaban J connectivity index is 2.20. The van der Waals surface area contributed by atoms with E-state index in [1.807, 2.05) is 6.07 Å². The van der Waals surface area contributed by atoms with E-state index in [4.69, 9.17) is 10.5 Å². The summed E-state index contributed by atoms with van der Waals surface area (Å²) < 4.78 is 46.3. The number of nitrogens with two attached hydrogens (primary N) is 1. The zero-order valence-electron chi connectivity index (χ0n) is 12.5. The van der Waals surface area contributed by atoms with Crippen LogP contribution in [0.15, 0.2) is 29.3 Å². The van der Waals surface area contributed by atoms with Gasteiger partial charge in [0.15, 0.2) is 0 Å². The minimum absolute atomic E-state index is 0.0259. The molecule has 0 saturated carbocycles. The molecule has 1 saturated heterocycles. The first kappa shape index (κ1) is 15.8. The highest BCUT2D eigenvalue weighted by Gasteiger charge is 2.60. The van der Waals surface area contributed by atoms with Crippen molar-refractivity contribution in [3.05, 3.63) is 35.6 Å².